The van der Waals surface area contributed by atoms with E-state index >= 15 is 0 Å². The van der Waals surface area contributed by atoms with E-state index in [-0.39, 0.29) is 12.1 Å². The molecule has 0 saturated carbocycles. The lowest BCUT2D eigenvalue weighted by Gasteiger charge is -2.18. The average Bonchev–Trinajstić information content (AvgIpc) is 3.27. The first-order valence-electron chi connectivity index (χ1n) is 13.7. The number of hydrogen-bond acceptors (Lipinski definition) is 6. The Hall–Kier alpha value is -3.92. The van der Waals surface area contributed by atoms with Gasteiger partial charge in [0.1, 0.15) is 18.2 Å². The van der Waals surface area contributed by atoms with Gasteiger partial charge in [-0.3, -0.25) is 0 Å². The number of ether oxygens (including phenoxy) is 4. The predicted molar refractivity (Wildman–Crippen MR) is 153 cm³/mol. The molecule has 0 atom stereocenters. The van der Waals surface area contributed by atoms with Crippen LogP contribution in [0.1, 0.15) is 31.9 Å². The minimum atomic E-state index is -4.50. The van der Waals surface area contributed by atoms with E-state index in [0.717, 1.165) is 6.07 Å². The summed E-state index contributed by atoms with van der Waals surface area (Å²) in [6.07, 6.45) is -4.50. The third kappa shape index (κ3) is 7.05. The molecule has 1 heterocycles. The number of alkyl halides is 3. The highest BCUT2D eigenvalue weighted by atomic mass is 19.4. The summed E-state index contributed by atoms with van der Waals surface area (Å²) in [7, 11) is 3.91. The van der Waals surface area contributed by atoms with Gasteiger partial charge in [-0.1, -0.05) is 18.2 Å². The number of likely N-dealkylation sites (N-methyl/N-ethyl adjacent to an activating group) is 1. The molecule has 10 heteroatoms. The highest BCUT2D eigenvalue weighted by Crippen LogP contribution is 2.43. The van der Waals surface area contributed by atoms with Gasteiger partial charge in [0.2, 0.25) is 5.75 Å². The normalized spacial score (nSPS) is 11.7. The second-order valence-corrected chi connectivity index (χ2v) is 9.58. The van der Waals surface area contributed by atoms with Gasteiger partial charge in [0.25, 0.3) is 0 Å². The number of benzene rings is 3. The Balaban J connectivity index is 1.92. The Morgan fingerprint density at radius 2 is 1.49 bits per heavy atom. The van der Waals surface area contributed by atoms with E-state index < -0.39 is 11.7 Å². The number of hydrogen-bond donors (Lipinski definition) is 0. The summed E-state index contributed by atoms with van der Waals surface area (Å²) in [5.74, 6) is 2.48. The summed E-state index contributed by atoms with van der Waals surface area (Å²) in [6, 6.07) is 14.6. The molecule has 0 spiro atoms. The van der Waals surface area contributed by atoms with Gasteiger partial charge in [-0.05, 0) is 70.8 Å². The third-order valence-corrected chi connectivity index (χ3v) is 6.35. The van der Waals surface area contributed by atoms with Crippen LogP contribution in [0.4, 0.5) is 13.2 Å². The van der Waals surface area contributed by atoms with Crippen LogP contribution in [0.25, 0.3) is 22.4 Å². The van der Waals surface area contributed by atoms with Gasteiger partial charge < -0.3 is 28.4 Å². The molecule has 0 N–H and O–H groups in total. The maximum Gasteiger partial charge on any atom is 0.416 e. The summed E-state index contributed by atoms with van der Waals surface area (Å²) in [5.41, 5.74) is 1.32. The molecule has 0 fully saturated rings. The van der Waals surface area contributed by atoms with Crippen molar-refractivity contribution in [3.05, 3.63) is 65.7 Å². The topological polar surface area (TPSA) is 58.0 Å². The first kappa shape index (κ1) is 30.0. The van der Waals surface area contributed by atoms with Crippen molar-refractivity contribution in [2.45, 2.75) is 33.5 Å². The lowest BCUT2D eigenvalue weighted by molar-refractivity contribution is -0.138. The maximum atomic E-state index is 14.0. The van der Waals surface area contributed by atoms with Crippen LogP contribution in [0.5, 0.6) is 23.0 Å². The van der Waals surface area contributed by atoms with E-state index in [1.807, 2.05) is 58.0 Å². The van der Waals surface area contributed by atoms with Crippen molar-refractivity contribution in [3.63, 3.8) is 0 Å². The molecule has 41 heavy (non-hydrogen) atoms. The third-order valence-electron chi connectivity index (χ3n) is 6.35. The van der Waals surface area contributed by atoms with Gasteiger partial charge in [-0.15, -0.1) is 0 Å². The first-order valence-corrected chi connectivity index (χ1v) is 13.7. The highest BCUT2D eigenvalue weighted by molar-refractivity contribution is 5.83. The standard InChI is InChI=1S/C31H36F3N3O4/c1-6-38-27-17-22(18-28(39-7-2)29(27)40-8-3)30-35-25-14-13-23(41-16-15-36(4)5)19-26(25)37(30)20-21-11-9-10-12-24(21)31(32,33)34/h9-14,17-19H,6-8,15-16,20H2,1-5H3. The number of rotatable bonds is 13. The quantitative estimate of drug-likeness (QED) is 0.174. The molecule has 7 nitrogen and oxygen atoms in total. The minimum absolute atomic E-state index is 0.0657. The fraction of sp³-hybridized carbons (Fsp3) is 0.387. The molecule has 0 aliphatic carbocycles. The molecule has 4 rings (SSSR count). The molecule has 0 saturated heterocycles. The van der Waals surface area contributed by atoms with Crippen molar-refractivity contribution in [1.29, 1.82) is 0 Å². The van der Waals surface area contributed by atoms with E-state index in [1.165, 1.54) is 12.1 Å². The largest absolute Gasteiger partial charge is 0.492 e. The molecule has 0 radical (unpaired) electrons. The number of fused-ring (bicyclic) bond motifs is 1. The van der Waals surface area contributed by atoms with E-state index in [1.54, 1.807) is 22.8 Å². The molecule has 1 aromatic heterocycles. The van der Waals surface area contributed by atoms with E-state index in [2.05, 4.69) is 0 Å². The van der Waals surface area contributed by atoms with Gasteiger partial charge in [-0.2, -0.15) is 13.2 Å². The van der Waals surface area contributed by atoms with Crippen LogP contribution >= 0.6 is 0 Å². The molecule has 0 amide bonds. The molecule has 3 aromatic carbocycles. The van der Waals surface area contributed by atoms with Crippen LogP contribution in [0.2, 0.25) is 0 Å². The summed E-state index contributed by atoms with van der Waals surface area (Å²) >= 11 is 0. The monoisotopic (exact) mass is 571 g/mol. The van der Waals surface area contributed by atoms with Crippen molar-refractivity contribution >= 4 is 11.0 Å². The molecule has 4 aromatic rings. The second kappa shape index (κ2) is 13.2. The Morgan fingerprint density at radius 3 is 2.10 bits per heavy atom. The maximum absolute atomic E-state index is 14.0. The second-order valence-electron chi connectivity index (χ2n) is 9.58. The SMILES string of the molecule is CCOc1cc(-c2nc3ccc(OCCN(C)C)cc3n2Cc2ccccc2C(F)(F)F)cc(OCC)c1OCC. The average molecular weight is 572 g/mol. The molecule has 0 bridgehead atoms. The van der Waals surface area contributed by atoms with Crippen molar-refractivity contribution in [2.75, 3.05) is 47.1 Å². The molecule has 0 aliphatic rings. The van der Waals surface area contributed by atoms with Crippen LogP contribution in [0, 0.1) is 0 Å². The molecule has 0 aliphatic heterocycles. The molecular weight excluding hydrogens is 535 g/mol. The zero-order valence-corrected chi connectivity index (χ0v) is 24.0. The lowest BCUT2D eigenvalue weighted by atomic mass is 10.1. The summed E-state index contributed by atoms with van der Waals surface area (Å²) in [4.78, 5) is 6.87. The minimum Gasteiger partial charge on any atom is -0.492 e. The number of halogens is 3. The number of aromatic nitrogens is 2. The van der Waals surface area contributed by atoms with Gasteiger partial charge in [-0.25, -0.2) is 4.98 Å². The number of imidazole rings is 1. The molecule has 220 valence electrons. The Labute approximate surface area is 238 Å². The molecule has 0 unspecified atom stereocenters. The highest BCUT2D eigenvalue weighted by Gasteiger charge is 2.33. The van der Waals surface area contributed by atoms with Crippen LogP contribution in [-0.2, 0) is 12.7 Å². The van der Waals surface area contributed by atoms with Crippen LogP contribution in [0.3, 0.4) is 0 Å². The van der Waals surface area contributed by atoms with E-state index in [0.29, 0.717) is 78.4 Å². The zero-order valence-electron chi connectivity index (χ0n) is 24.0. The lowest BCUT2D eigenvalue weighted by Crippen LogP contribution is -2.19. The fourth-order valence-corrected chi connectivity index (χ4v) is 4.54. The summed E-state index contributed by atoms with van der Waals surface area (Å²) in [6.45, 7) is 7.89. The fourth-order valence-electron chi connectivity index (χ4n) is 4.54. The van der Waals surface area contributed by atoms with Crippen LogP contribution < -0.4 is 18.9 Å². The Kier molecular flexibility index (Phi) is 9.65. The van der Waals surface area contributed by atoms with Gasteiger partial charge >= 0.3 is 6.18 Å². The van der Waals surface area contributed by atoms with Gasteiger partial charge in [0.15, 0.2) is 11.5 Å². The molecular formula is C31H36F3N3O4. The van der Waals surface area contributed by atoms with E-state index in [9.17, 15) is 13.2 Å². The smallest absolute Gasteiger partial charge is 0.416 e. The van der Waals surface area contributed by atoms with Crippen molar-refractivity contribution in [2.24, 2.45) is 0 Å². The number of nitrogens with zero attached hydrogens (tertiary/aromatic N) is 3. The van der Waals surface area contributed by atoms with E-state index in [4.69, 9.17) is 23.9 Å². The summed E-state index contributed by atoms with van der Waals surface area (Å²) < 4.78 is 67.3. The van der Waals surface area contributed by atoms with Gasteiger partial charge in [0.05, 0.1) is 43.0 Å². The first-order chi connectivity index (χ1) is 19.7. The van der Waals surface area contributed by atoms with Gasteiger partial charge in [0, 0.05) is 18.2 Å². The van der Waals surface area contributed by atoms with Crippen LogP contribution in [-0.4, -0.2) is 61.5 Å². The van der Waals surface area contributed by atoms with Crippen molar-refractivity contribution < 1.29 is 32.1 Å². The Bertz CT molecular complexity index is 1440. The van der Waals surface area contributed by atoms with Crippen LogP contribution in [0.15, 0.2) is 54.6 Å². The van der Waals surface area contributed by atoms with Crippen molar-refractivity contribution in [1.82, 2.24) is 14.5 Å². The Morgan fingerprint density at radius 1 is 0.829 bits per heavy atom. The predicted octanol–water partition coefficient (Wildman–Crippen LogP) is 6.91. The van der Waals surface area contributed by atoms with Crippen molar-refractivity contribution in [3.8, 4) is 34.4 Å². The summed E-state index contributed by atoms with van der Waals surface area (Å²) in [5, 5.41) is 0. The zero-order chi connectivity index (χ0) is 29.6.